The van der Waals surface area contributed by atoms with Crippen LogP contribution in [0.2, 0.25) is 0 Å². The predicted molar refractivity (Wildman–Crippen MR) is 85.1 cm³/mol. The summed E-state index contributed by atoms with van der Waals surface area (Å²) in [6.45, 7) is 0. The molecule has 0 amide bonds. The molecule has 3 nitrogen and oxygen atoms in total. The third kappa shape index (κ3) is 2.82. The van der Waals surface area contributed by atoms with E-state index in [9.17, 15) is 10.1 Å². The molecule has 3 rings (SSSR count). The molecule has 0 heterocycles. The Bertz CT molecular complexity index is 775. The average molecular weight is 275 g/mol. The van der Waals surface area contributed by atoms with Crippen LogP contribution in [0, 0.1) is 10.1 Å². The van der Waals surface area contributed by atoms with Crippen LogP contribution >= 0.6 is 0 Å². The van der Waals surface area contributed by atoms with Crippen molar-refractivity contribution < 1.29 is 4.92 Å². The minimum absolute atomic E-state index is 0.109. The number of hydrogen-bond donors (Lipinski definition) is 0. The average Bonchev–Trinajstić information content (AvgIpc) is 2.72. The molecule has 0 fully saturated rings. The van der Waals surface area contributed by atoms with Gasteiger partial charge in [-0.1, -0.05) is 54.6 Å². The van der Waals surface area contributed by atoms with E-state index in [4.69, 9.17) is 0 Å². The van der Waals surface area contributed by atoms with Gasteiger partial charge in [0.05, 0.1) is 4.92 Å². The number of fused-ring (bicyclic) bond motifs is 1. The molecule has 0 saturated carbocycles. The second kappa shape index (κ2) is 5.59. The number of nitro groups is 1. The zero-order chi connectivity index (χ0) is 14.7. The number of rotatable bonds is 3. The molecule has 1 aromatic carbocycles. The van der Waals surface area contributed by atoms with Crippen LogP contribution in [0.4, 0.5) is 5.69 Å². The molecule has 102 valence electrons. The molecule has 0 aromatic heterocycles. The van der Waals surface area contributed by atoms with Crippen LogP contribution in [-0.4, -0.2) is 4.92 Å². The Labute approximate surface area is 122 Å². The topological polar surface area (TPSA) is 43.1 Å². The molecule has 0 aliphatic heterocycles. The van der Waals surface area contributed by atoms with E-state index in [0.717, 1.165) is 11.1 Å². The second-order valence-corrected chi connectivity index (χ2v) is 4.75. The van der Waals surface area contributed by atoms with Gasteiger partial charge in [0.25, 0.3) is 5.69 Å². The van der Waals surface area contributed by atoms with E-state index in [2.05, 4.69) is 24.3 Å². The normalized spacial score (nSPS) is 11.0. The molecule has 0 saturated heterocycles. The van der Waals surface area contributed by atoms with Crippen molar-refractivity contribution in [2.45, 2.75) is 0 Å². The Morgan fingerprint density at radius 1 is 0.810 bits per heavy atom. The lowest BCUT2D eigenvalue weighted by Crippen LogP contribution is -1.86. The summed E-state index contributed by atoms with van der Waals surface area (Å²) < 4.78 is 0. The Hall–Kier alpha value is -2.94. The molecule has 2 aliphatic carbocycles. The fourth-order valence-corrected chi connectivity index (χ4v) is 2.28. The lowest BCUT2D eigenvalue weighted by atomic mass is 10.1. The van der Waals surface area contributed by atoms with Gasteiger partial charge in [-0.3, -0.25) is 10.1 Å². The molecule has 0 unspecified atom stereocenters. The lowest BCUT2D eigenvalue weighted by molar-refractivity contribution is -0.384. The van der Waals surface area contributed by atoms with E-state index in [1.807, 2.05) is 30.4 Å². The first kappa shape index (κ1) is 13.1. The molecule has 0 N–H and O–H groups in total. The van der Waals surface area contributed by atoms with Crippen molar-refractivity contribution in [3.05, 3.63) is 88.0 Å². The first-order valence-corrected chi connectivity index (χ1v) is 6.64. The van der Waals surface area contributed by atoms with Gasteiger partial charge in [0.15, 0.2) is 0 Å². The molecule has 3 heteroatoms. The van der Waals surface area contributed by atoms with Crippen molar-refractivity contribution in [2.75, 3.05) is 0 Å². The van der Waals surface area contributed by atoms with Crippen LogP contribution < -0.4 is 0 Å². The van der Waals surface area contributed by atoms with Gasteiger partial charge in [-0.15, -0.1) is 0 Å². The highest BCUT2D eigenvalue weighted by Crippen LogP contribution is 2.28. The first-order chi connectivity index (χ1) is 10.2. The van der Waals surface area contributed by atoms with Gasteiger partial charge >= 0.3 is 0 Å². The van der Waals surface area contributed by atoms with Gasteiger partial charge < -0.3 is 0 Å². The van der Waals surface area contributed by atoms with Crippen LogP contribution in [0.3, 0.4) is 0 Å². The maximum Gasteiger partial charge on any atom is 0.269 e. The van der Waals surface area contributed by atoms with Gasteiger partial charge in [-0.25, -0.2) is 0 Å². The summed E-state index contributed by atoms with van der Waals surface area (Å²) in [5.41, 5.74) is 4.58. The number of nitrogens with zero attached hydrogens (tertiary/aromatic N) is 1. The quantitative estimate of drug-likeness (QED) is 0.505. The highest BCUT2D eigenvalue weighted by Gasteiger charge is 2.05. The Kier molecular flexibility index (Phi) is 3.48. The fraction of sp³-hybridized carbons (Fsp3) is 0. The highest BCUT2D eigenvalue weighted by molar-refractivity contribution is 5.83. The van der Waals surface area contributed by atoms with E-state index in [0.29, 0.717) is 0 Å². The van der Waals surface area contributed by atoms with Gasteiger partial charge in [0, 0.05) is 12.1 Å². The van der Waals surface area contributed by atoms with Crippen LogP contribution in [0.1, 0.15) is 11.1 Å². The molecule has 0 atom stereocenters. The first-order valence-electron chi connectivity index (χ1n) is 6.64. The fourth-order valence-electron chi connectivity index (χ4n) is 2.28. The Balaban J connectivity index is 1.87. The number of benzene rings is 1. The van der Waals surface area contributed by atoms with Crippen LogP contribution in [0.5, 0.6) is 0 Å². The van der Waals surface area contributed by atoms with Gasteiger partial charge in [-0.2, -0.15) is 0 Å². The molecule has 21 heavy (non-hydrogen) atoms. The van der Waals surface area contributed by atoms with Crippen molar-refractivity contribution in [3.63, 3.8) is 0 Å². The molecule has 1 aromatic rings. The van der Waals surface area contributed by atoms with Gasteiger partial charge in [0.2, 0.25) is 0 Å². The summed E-state index contributed by atoms with van der Waals surface area (Å²) in [6, 6.07) is 20.9. The van der Waals surface area contributed by atoms with Crippen molar-refractivity contribution in [1.29, 1.82) is 0 Å². The van der Waals surface area contributed by atoms with Crippen LogP contribution in [0.15, 0.2) is 66.7 Å². The number of non-ortho nitro benzene ring substituents is 1. The Morgan fingerprint density at radius 3 is 2.33 bits per heavy atom. The lowest BCUT2D eigenvalue weighted by Gasteiger charge is -1.96. The molecule has 0 bridgehead atoms. The van der Waals surface area contributed by atoms with Crippen molar-refractivity contribution in [3.8, 4) is 11.1 Å². The minimum atomic E-state index is -0.391. The molecule has 0 radical (unpaired) electrons. The van der Waals surface area contributed by atoms with Crippen molar-refractivity contribution in [2.24, 2.45) is 0 Å². The minimum Gasteiger partial charge on any atom is -0.258 e. The monoisotopic (exact) mass is 275 g/mol. The van der Waals surface area contributed by atoms with E-state index < -0.39 is 4.92 Å². The van der Waals surface area contributed by atoms with Crippen molar-refractivity contribution >= 4 is 17.8 Å². The van der Waals surface area contributed by atoms with E-state index in [-0.39, 0.29) is 5.69 Å². The maximum absolute atomic E-state index is 10.6. The third-order valence-corrected chi connectivity index (χ3v) is 3.38. The molecule has 0 spiro atoms. The zero-order valence-electron chi connectivity index (χ0n) is 11.3. The third-order valence-electron chi connectivity index (χ3n) is 3.38. The zero-order valence-corrected chi connectivity index (χ0v) is 11.3. The van der Waals surface area contributed by atoms with Crippen LogP contribution in [0.25, 0.3) is 23.3 Å². The summed E-state index contributed by atoms with van der Waals surface area (Å²) in [5.74, 6) is 0. The predicted octanol–water partition coefficient (Wildman–Crippen LogP) is 4.87. The van der Waals surface area contributed by atoms with E-state index in [1.54, 1.807) is 12.1 Å². The smallest absolute Gasteiger partial charge is 0.258 e. The SMILES string of the molecule is O=[N+]([O-])c1ccc(/C=C/c2ccc3cccccc2-3)cc1. The summed E-state index contributed by atoms with van der Waals surface area (Å²) in [6.07, 6.45) is 4.00. The molecular weight excluding hydrogens is 262 g/mol. The van der Waals surface area contributed by atoms with Crippen LogP contribution in [-0.2, 0) is 0 Å². The van der Waals surface area contributed by atoms with E-state index in [1.165, 1.54) is 23.3 Å². The second-order valence-electron chi connectivity index (χ2n) is 4.75. The maximum atomic E-state index is 10.6. The molecular formula is C18H13NO2. The number of nitro benzene ring substituents is 1. The van der Waals surface area contributed by atoms with Gasteiger partial charge in [-0.05, 0) is 34.4 Å². The van der Waals surface area contributed by atoms with Gasteiger partial charge in [0.1, 0.15) is 0 Å². The number of hydrogen-bond acceptors (Lipinski definition) is 2. The standard InChI is InChI=1S/C18H13NO2/c20-19(21)17-12-7-14(8-13-17)6-9-16-11-10-15-4-2-1-3-5-18(15)16/h1-13H/b9-6+. The van der Waals surface area contributed by atoms with Crippen molar-refractivity contribution in [1.82, 2.24) is 0 Å². The summed E-state index contributed by atoms with van der Waals surface area (Å²) in [5, 5.41) is 10.6. The van der Waals surface area contributed by atoms with E-state index >= 15 is 0 Å². The largest absolute Gasteiger partial charge is 0.269 e. The molecule has 2 aliphatic rings. The summed E-state index contributed by atoms with van der Waals surface area (Å²) in [4.78, 5) is 10.2. The summed E-state index contributed by atoms with van der Waals surface area (Å²) >= 11 is 0. The Morgan fingerprint density at radius 2 is 1.57 bits per heavy atom. The summed E-state index contributed by atoms with van der Waals surface area (Å²) in [7, 11) is 0. The highest BCUT2D eigenvalue weighted by atomic mass is 16.6.